The number of ketones is 1. The molecule has 4 nitrogen and oxygen atoms in total. The number of hydrogen-bond acceptors (Lipinski definition) is 3. The van der Waals surface area contributed by atoms with Crippen LogP contribution < -0.4 is 5.32 Å². The number of nitrogens with zero attached hydrogens (tertiary/aromatic N) is 1. The van der Waals surface area contributed by atoms with Gasteiger partial charge in [-0.1, -0.05) is 42.0 Å². The van der Waals surface area contributed by atoms with E-state index in [2.05, 4.69) is 30.1 Å². The molecule has 4 rings (SSSR count). The number of carbonyl (C=O) groups is 2. The van der Waals surface area contributed by atoms with Crippen LogP contribution in [-0.2, 0) is 0 Å². The topological polar surface area (TPSA) is 49.4 Å². The molecule has 1 saturated heterocycles. The predicted octanol–water partition coefficient (Wildman–Crippen LogP) is 4.06. The summed E-state index contributed by atoms with van der Waals surface area (Å²) in [5.41, 5.74) is 5.13. The highest BCUT2D eigenvalue weighted by Gasteiger charge is 2.27. The van der Waals surface area contributed by atoms with Crippen LogP contribution in [0, 0.1) is 0 Å². The Bertz CT molecular complexity index is 949. The first-order valence-electron chi connectivity index (χ1n) is 9.97. The molecule has 2 aromatic rings. The zero-order chi connectivity index (χ0) is 19.7. The molecule has 0 saturated carbocycles. The van der Waals surface area contributed by atoms with E-state index in [0.717, 1.165) is 49.2 Å². The molecule has 0 atom stereocenters. The van der Waals surface area contributed by atoms with E-state index in [1.165, 1.54) is 5.57 Å². The smallest absolute Gasteiger partial charge is 0.251 e. The van der Waals surface area contributed by atoms with Crippen molar-refractivity contribution < 1.29 is 9.59 Å². The van der Waals surface area contributed by atoms with E-state index in [1.807, 2.05) is 36.4 Å². The molecule has 1 amide bonds. The Balaban J connectivity index is 1.41. The molecule has 1 heterocycles. The van der Waals surface area contributed by atoms with Gasteiger partial charge < -0.3 is 5.32 Å². The maximum absolute atomic E-state index is 12.7. The molecular formula is C24H26N2O2. The zero-order valence-electron chi connectivity index (χ0n) is 16.5. The van der Waals surface area contributed by atoms with Crippen LogP contribution in [0.4, 0.5) is 0 Å². The summed E-state index contributed by atoms with van der Waals surface area (Å²) in [4.78, 5) is 27.8. The molecule has 0 unspecified atom stereocenters. The highest BCUT2D eigenvalue weighted by molar-refractivity contribution is 6.22. The van der Waals surface area contributed by atoms with Crippen LogP contribution in [0.15, 0.2) is 54.1 Å². The van der Waals surface area contributed by atoms with Crippen molar-refractivity contribution in [2.45, 2.75) is 32.7 Å². The molecular weight excluding hydrogens is 348 g/mol. The van der Waals surface area contributed by atoms with Gasteiger partial charge in [-0.2, -0.15) is 0 Å². The Morgan fingerprint density at radius 1 is 1.04 bits per heavy atom. The average molecular weight is 374 g/mol. The number of likely N-dealkylation sites (tertiary alicyclic amines) is 1. The standard InChI is InChI=1S/C24H26N2O2/c1-16(2)9-12-26-13-10-18(11-14-26)25-24(28)17-7-8-20-19-5-3-4-6-21(19)23(27)22(20)15-17/h3-9,15,18H,10-14H2,1-2H3,(H,25,28). The molecule has 0 bridgehead atoms. The van der Waals surface area contributed by atoms with Crippen LogP contribution in [0.3, 0.4) is 0 Å². The zero-order valence-corrected chi connectivity index (χ0v) is 16.5. The molecule has 1 aliphatic carbocycles. The van der Waals surface area contributed by atoms with Crippen LogP contribution >= 0.6 is 0 Å². The minimum atomic E-state index is -0.0886. The monoisotopic (exact) mass is 374 g/mol. The van der Waals surface area contributed by atoms with Crippen LogP contribution in [0.2, 0.25) is 0 Å². The van der Waals surface area contributed by atoms with Crippen LogP contribution in [0.25, 0.3) is 11.1 Å². The number of piperidine rings is 1. The maximum Gasteiger partial charge on any atom is 0.251 e. The number of allylic oxidation sites excluding steroid dienone is 1. The molecule has 1 N–H and O–H groups in total. The minimum Gasteiger partial charge on any atom is -0.349 e. The van der Waals surface area contributed by atoms with Crippen LogP contribution in [-0.4, -0.2) is 42.3 Å². The fourth-order valence-corrected chi connectivity index (χ4v) is 4.01. The Labute approximate surface area is 166 Å². The third-order valence-corrected chi connectivity index (χ3v) is 5.67. The fourth-order valence-electron chi connectivity index (χ4n) is 4.01. The lowest BCUT2D eigenvalue weighted by Crippen LogP contribution is -2.44. The van der Waals surface area contributed by atoms with Crippen molar-refractivity contribution in [1.29, 1.82) is 0 Å². The summed E-state index contributed by atoms with van der Waals surface area (Å²) in [6.07, 6.45) is 4.16. The van der Waals surface area contributed by atoms with Gasteiger partial charge in [-0.3, -0.25) is 14.5 Å². The second-order valence-corrected chi connectivity index (χ2v) is 7.96. The van der Waals surface area contributed by atoms with E-state index in [0.29, 0.717) is 11.1 Å². The summed E-state index contributed by atoms with van der Waals surface area (Å²) in [6.45, 7) is 7.20. The molecule has 144 valence electrons. The molecule has 0 aromatic heterocycles. The normalized spacial score (nSPS) is 16.4. The lowest BCUT2D eigenvalue weighted by Gasteiger charge is -2.31. The highest BCUT2D eigenvalue weighted by atomic mass is 16.1. The predicted molar refractivity (Wildman–Crippen MR) is 112 cm³/mol. The summed E-state index contributed by atoms with van der Waals surface area (Å²) in [6, 6.07) is 13.3. The number of nitrogens with one attached hydrogen (secondary N) is 1. The van der Waals surface area contributed by atoms with Crippen molar-refractivity contribution in [3.05, 3.63) is 70.8 Å². The first-order chi connectivity index (χ1) is 13.5. The van der Waals surface area contributed by atoms with E-state index in [4.69, 9.17) is 0 Å². The summed E-state index contributed by atoms with van der Waals surface area (Å²) >= 11 is 0. The molecule has 28 heavy (non-hydrogen) atoms. The van der Waals surface area contributed by atoms with Gasteiger partial charge in [-0.25, -0.2) is 0 Å². The van der Waals surface area contributed by atoms with Gasteiger partial charge in [0.1, 0.15) is 0 Å². The van der Waals surface area contributed by atoms with E-state index < -0.39 is 0 Å². The quantitative estimate of drug-likeness (QED) is 0.701. The second kappa shape index (κ2) is 7.72. The molecule has 2 aliphatic rings. The second-order valence-electron chi connectivity index (χ2n) is 7.96. The van der Waals surface area contributed by atoms with Crippen LogP contribution in [0.1, 0.15) is 53.0 Å². The van der Waals surface area contributed by atoms with E-state index in [9.17, 15) is 9.59 Å². The SMILES string of the molecule is CC(C)=CCN1CCC(NC(=O)c2ccc3c(c2)C(=O)c2ccccc2-3)CC1. The van der Waals surface area contributed by atoms with Crippen LogP contribution in [0.5, 0.6) is 0 Å². The van der Waals surface area contributed by atoms with Crippen molar-refractivity contribution in [2.75, 3.05) is 19.6 Å². The number of rotatable bonds is 4. The Morgan fingerprint density at radius 2 is 1.71 bits per heavy atom. The largest absolute Gasteiger partial charge is 0.349 e. The number of carbonyl (C=O) groups excluding carboxylic acids is 2. The van der Waals surface area contributed by atoms with Crippen molar-refractivity contribution >= 4 is 11.7 Å². The van der Waals surface area contributed by atoms with Crippen molar-refractivity contribution in [2.24, 2.45) is 0 Å². The third-order valence-electron chi connectivity index (χ3n) is 5.67. The molecule has 1 aliphatic heterocycles. The van der Waals surface area contributed by atoms with Gasteiger partial charge in [-0.15, -0.1) is 0 Å². The highest BCUT2D eigenvalue weighted by Crippen LogP contribution is 2.36. The summed E-state index contributed by atoms with van der Waals surface area (Å²) in [5, 5.41) is 3.16. The van der Waals surface area contributed by atoms with Crippen molar-refractivity contribution in [3.63, 3.8) is 0 Å². The number of hydrogen-bond donors (Lipinski definition) is 1. The first-order valence-corrected chi connectivity index (χ1v) is 9.97. The van der Waals surface area contributed by atoms with Gasteiger partial charge >= 0.3 is 0 Å². The Morgan fingerprint density at radius 3 is 2.43 bits per heavy atom. The summed E-state index contributed by atoms with van der Waals surface area (Å²) in [7, 11) is 0. The molecule has 4 heteroatoms. The van der Waals surface area contributed by atoms with Gasteiger partial charge in [0.2, 0.25) is 0 Å². The number of benzene rings is 2. The van der Waals surface area contributed by atoms with Gasteiger partial charge in [-0.05, 0) is 49.9 Å². The maximum atomic E-state index is 12.7. The molecule has 0 radical (unpaired) electrons. The van der Waals surface area contributed by atoms with Gasteiger partial charge in [0, 0.05) is 42.4 Å². The number of amides is 1. The van der Waals surface area contributed by atoms with Crippen molar-refractivity contribution in [3.8, 4) is 11.1 Å². The minimum absolute atomic E-state index is 0.00725. The summed E-state index contributed by atoms with van der Waals surface area (Å²) in [5.74, 6) is -0.0814. The molecule has 1 fully saturated rings. The van der Waals surface area contributed by atoms with E-state index >= 15 is 0 Å². The number of fused-ring (bicyclic) bond motifs is 3. The van der Waals surface area contributed by atoms with Gasteiger partial charge in [0.25, 0.3) is 5.91 Å². The fraction of sp³-hybridized carbons (Fsp3) is 0.333. The molecule has 2 aromatic carbocycles. The third kappa shape index (κ3) is 3.65. The Hall–Kier alpha value is -2.72. The molecule has 0 spiro atoms. The lowest BCUT2D eigenvalue weighted by molar-refractivity contribution is 0.0914. The average Bonchev–Trinajstić information content (AvgIpc) is 2.99. The van der Waals surface area contributed by atoms with E-state index in [-0.39, 0.29) is 17.7 Å². The summed E-state index contributed by atoms with van der Waals surface area (Å²) < 4.78 is 0. The lowest BCUT2D eigenvalue weighted by atomic mass is 10.0. The van der Waals surface area contributed by atoms with Crippen molar-refractivity contribution in [1.82, 2.24) is 10.2 Å². The van der Waals surface area contributed by atoms with Gasteiger partial charge in [0.05, 0.1) is 0 Å². The first kappa shape index (κ1) is 18.6. The van der Waals surface area contributed by atoms with E-state index in [1.54, 1.807) is 6.07 Å². The van der Waals surface area contributed by atoms with Gasteiger partial charge in [0.15, 0.2) is 5.78 Å². The Kier molecular flexibility index (Phi) is 5.14.